The number of nitrogens with one attached hydrogen (secondary N) is 2. The second kappa shape index (κ2) is 6.39. The van der Waals surface area contributed by atoms with Crippen molar-refractivity contribution in [1.82, 2.24) is 0 Å². The van der Waals surface area contributed by atoms with E-state index in [2.05, 4.69) is 15.8 Å². The molecule has 0 amide bonds. The molecule has 0 atom stereocenters. The first-order valence-corrected chi connectivity index (χ1v) is 6.51. The van der Waals surface area contributed by atoms with E-state index in [1.54, 1.807) is 12.1 Å². The SMILES string of the molecule is CNc1ccc(Cl)cc1/C(C)=N\Nc1cccc(F)c1. The third-order valence-electron chi connectivity index (χ3n) is 2.82. The summed E-state index contributed by atoms with van der Waals surface area (Å²) in [5.41, 5.74) is 6.00. The fourth-order valence-electron chi connectivity index (χ4n) is 1.80. The first-order chi connectivity index (χ1) is 9.60. The van der Waals surface area contributed by atoms with E-state index in [1.807, 2.05) is 32.2 Å². The third kappa shape index (κ3) is 3.48. The third-order valence-corrected chi connectivity index (χ3v) is 3.05. The second-order valence-electron chi connectivity index (χ2n) is 4.26. The average molecular weight is 292 g/mol. The molecule has 0 aromatic heterocycles. The lowest BCUT2D eigenvalue weighted by atomic mass is 10.1. The van der Waals surface area contributed by atoms with Crippen molar-refractivity contribution in [3.8, 4) is 0 Å². The summed E-state index contributed by atoms with van der Waals surface area (Å²) in [4.78, 5) is 0. The van der Waals surface area contributed by atoms with Crippen molar-refractivity contribution in [2.75, 3.05) is 17.8 Å². The van der Waals surface area contributed by atoms with Gasteiger partial charge in [0, 0.05) is 23.3 Å². The van der Waals surface area contributed by atoms with Crippen LogP contribution in [0.1, 0.15) is 12.5 Å². The number of rotatable bonds is 4. The Hall–Kier alpha value is -2.07. The molecule has 0 aliphatic rings. The number of anilines is 2. The molecule has 0 bridgehead atoms. The van der Waals surface area contributed by atoms with Crippen LogP contribution in [0.15, 0.2) is 47.6 Å². The highest BCUT2D eigenvalue weighted by molar-refractivity contribution is 6.31. The first-order valence-electron chi connectivity index (χ1n) is 6.13. The van der Waals surface area contributed by atoms with Gasteiger partial charge >= 0.3 is 0 Å². The monoisotopic (exact) mass is 291 g/mol. The molecule has 104 valence electrons. The van der Waals surface area contributed by atoms with E-state index in [-0.39, 0.29) is 5.82 Å². The second-order valence-corrected chi connectivity index (χ2v) is 4.70. The van der Waals surface area contributed by atoms with Crippen LogP contribution in [0.2, 0.25) is 5.02 Å². The average Bonchev–Trinajstić information content (AvgIpc) is 2.45. The Morgan fingerprint density at radius 1 is 1.20 bits per heavy atom. The molecule has 2 rings (SSSR count). The molecule has 2 aromatic carbocycles. The molecule has 0 fully saturated rings. The van der Waals surface area contributed by atoms with Gasteiger partial charge in [0.25, 0.3) is 0 Å². The normalized spacial score (nSPS) is 11.3. The minimum Gasteiger partial charge on any atom is -0.388 e. The summed E-state index contributed by atoms with van der Waals surface area (Å²) < 4.78 is 13.1. The predicted molar refractivity (Wildman–Crippen MR) is 83.2 cm³/mol. The Morgan fingerprint density at radius 3 is 2.70 bits per heavy atom. The zero-order chi connectivity index (χ0) is 14.5. The van der Waals surface area contributed by atoms with Gasteiger partial charge in [-0.3, -0.25) is 5.43 Å². The van der Waals surface area contributed by atoms with Crippen LogP contribution in [0.4, 0.5) is 15.8 Å². The number of hydrogen-bond donors (Lipinski definition) is 2. The standard InChI is InChI=1S/C15H15ClFN3/c1-10(14-8-11(16)6-7-15(14)18-2)19-20-13-5-3-4-12(17)9-13/h3-9,18,20H,1-2H3/b19-10-. The maximum atomic E-state index is 13.1. The highest BCUT2D eigenvalue weighted by atomic mass is 35.5. The Bertz CT molecular complexity index is 641. The van der Waals surface area contributed by atoms with Gasteiger partial charge in [-0.2, -0.15) is 5.10 Å². The molecule has 20 heavy (non-hydrogen) atoms. The van der Waals surface area contributed by atoms with Crippen LogP contribution in [0.3, 0.4) is 0 Å². The van der Waals surface area contributed by atoms with Crippen LogP contribution in [-0.4, -0.2) is 12.8 Å². The van der Waals surface area contributed by atoms with Crippen molar-refractivity contribution in [3.63, 3.8) is 0 Å². The van der Waals surface area contributed by atoms with Crippen LogP contribution in [0.25, 0.3) is 0 Å². The minimum absolute atomic E-state index is 0.304. The van der Waals surface area contributed by atoms with E-state index < -0.39 is 0 Å². The molecule has 0 radical (unpaired) electrons. The number of benzene rings is 2. The van der Waals surface area contributed by atoms with Gasteiger partial charge in [0.2, 0.25) is 0 Å². The van der Waals surface area contributed by atoms with E-state index in [0.717, 1.165) is 17.0 Å². The molecule has 0 heterocycles. The summed E-state index contributed by atoms with van der Waals surface area (Å²) >= 11 is 6.00. The maximum absolute atomic E-state index is 13.1. The summed E-state index contributed by atoms with van der Waals surface area (Å²) in [6.07, 6.45) is 0. The largest absolute Gasteiger partial charge is 0.388 e. The quantitative estimate of drug-likeness (QED) is 0.649. The molecule has 0 spiro atoms. The lowest BCUT2D eigenvalue weighted by molar-refractivity contribution is 0.628. The van der Waals surface area contributed by atoms with Crippen molar-refractivity contribution in [2.45, 2.75) is 6.92 Å². The van der Waals surface area contributed by atoms with Crippen molar-refractivity contribution in [2.24, 2.45) is 5.10 Å². The summed E-state index contributed by atoms with van der Waals surface area (Å²) in [6, 6.07) is 11.7. The minimum atomic E-state index is -0.304. The van der Waals surface area contributed by atoms with Crippen molar-refractivity contribution in [1.29, 1.82) is 0 Å². The Kier molecular flexibility index (Phi) is 4.58. The fourth-order valence-corrected chi connectivity index (χ4v) is 1.97. The molecule has 0 aliphatic carbocycles. The first kappa shape index (κ1) is 14.3. The number of hydrogen-bond acceptors (Lipinski definition) is 3. The van der Waals surface area contributed by atoms with E-state index in [9.17, 15) is 4.39 Å². The zero-order valence-electron chi connectivity index (χ0n) is 11.2. The molecule has 5 heteroatoms. The smallest absolute Gasteiger partial charge is 0.125 e. The van der Waals surface area contributed by atoms with E-state index in [0.29, 0.717) is 10.7 Å². The van der Waals surface area contributed by atoms with Gasteiger partial charge in [0.1, 0.15) is 5.82 Å². The summed E-state index contributed by atoms with van der Waals surface area (Å²) in [5.74, 6) is -0.304. The Balaban J connectivity index is 2.24. The van der Waals surface area contributed by atoms with E-state index >= 15 is 0 Å². The van der Waals surface area contributed by atoms with Crippen molar-refractivity contribution in [3.05, 3.63) is 58.9 Å². The van der Waals surface area contributed by atoms with Crippen molar-refractivity contribution >= 4 is 28.7 Å². The van der Waals surface area contributed by atoms with Crippen LogP contribution in [0.5, 0.6) is 0 Å². The van der Waals surface area contributed by atoms with Crippen LogP contribution >= 0.6 is 11.6 Å². The van der Waals surface area contributed by atoms with Gasteiger partial charge in [-0.15, -0.1) is 0 Å². The van der Waals surface area contributed by atoms with Crippen molar-refractivity contribution < 1.29 is 4.39 Å². The Morgan fingerprint density at radius 2 is 2.00 bits per heavy atom. The predicted octanol–water partition coefficient (Wildman–Crippen LogP) is 4.36. The van der Waals surface area contributed by atoms with Gasteiger partial charge in [0.15, 0.2) is 0 Å². The lowest BCUT2D eigenvalue weighted by Crippen LogP contribution is -2.04. The maximum Gasteiger partial charge on any atom is 0.125 e. The molecular weight excluding hydrogens is 277 g/mol. The number of hydrazone groups is 1. The molecule has 0 aliphatic heterocycles. The van der Waals surface area contributed by atoms with E-state index in [4.69, 9.17) is 11.6 Å². The summed E-state index contributed by atoms with van der Waals surface area (Å²) in [6.45, 7) is 1.86. The highest BCUT2D eigenvalue weighted by Gasteiger charge is 2.05. The molecule has 2 N–H and O–H groups in total. The van der Waals surface area contributed by atoms with Gasteiger partial charge in [-0.05, 0) is 43.3 Å². The molecule has 0 unspecified atom stereocenters. The van der Waals surface area contributed by atoms with Gasteiger partial charge in [-0.1, -0.05) is 17.7 Å². The lowest BCUT2D eigenvalue weighted by Gasteiger charge is -2.10. The highest BCUT2D eigenvalue weighted by Crippen LogP contribution is 2.21. The number of halogens is 2. The van der Waals surface area contributed by atoms with Gasteiger partial charge in [0.05, 0.1) is 11.4 Å². The molecule has 3 nitrogen and oxygen atoms in total. The van der Waals surface area contributed by atoms with Crippen LogP contribution in [-0.2, 0) is 0 Å². The summed E-state index contributed by atoms with van der Waals surface area (Å²) in [7, 11) is 1.83. The number of nitrogens with zero attached hydrogens (tertiary/aromatic N) is 1. The Labute approximate surface area is 122 Å². The van der Waals surface area contributed by atoms with Crippen LogP contribution in [0, 0.1) is 5.82 Å². The molecule has 0 saturated heterocycles. The van der Waals surface area contributed by atoms with Gasteiger partial charge < -0.3 is 5.32 Å². The molecular formula is C15H15ClFN3. The summed E-state index contributed by atoms with van der Waals surface area (Å²) in [5, 5.41) is 7.98. The van der Waals surface area contributed by atoms with Gasteiger partial charge in [-0.25, -0.2) is 4.39 Å². The zero-order valence-corrected chi connectivity index (χ0v) is 12.0. The van der Waals surface area contributed by atoms with Crippen LogP contribution < -0.4 is 10.7 Å². The fraction of sp³-hybridized carbons (Fsp3) is 0.133. The molecule has 0 saturated carbocycles. The molecule has 2 aromatic rings. The van der Waals surface area contributed by atoms with E-state index in [1.165, 1.54) is 12.1 Å². The topological polar surface area (TPSA) is 36.4 Å².